The van der Waals surface area contributed by atoms with E-state index in [1.807, 2.05) is 0 Å². The van der Waals surface area contributed by atoms with Crippen molar-refractivity contribution in [3.8, 4) is 0 Å². The van der Waals surface area contributed by atoms with Gasteiger partial charge in [0.25, 0.3) is 5.56 Å². The Labute approximate surface area is 209 Å². The second kappa shape index (κ2) is 10.8. The number of benzene rings is 1. The van der Waals surface area contributed by atoms with Gasteiger partial charge in [0, 0.05) is 30.3 Å². The van der Waals surface area contributed by atoms with Gasteiger partial charge in [-0.1, -0.05) is 18.2 Å². The van der Waals surface area contributed by atoms with Crippen LogP contribution >= 0.6 is 0 Å². The summed E-state index contributed by atoms with van der Waals surface area (Å²) in [6.45, 7) is 11.4. The van der Waals surface area contributed by atoms with Crippen LogP contribution in [0.25, 0.3) is 6.08 Å². The zero-order valence-electron chi connectivity index (χ0n) is 21.2. The molecule has 2 heterocycles. The number of nitrogen functional groups attached to an aromatic ring is 1. The van der Waals surface area contributed by atoms with Gasteiger partial charge < -0.3 is 21.7 Å². The SMILES string of the molecule is C=C[C@@H](Nc1nn(C)c(=O)c(N)c1/C=C(\N)C1CCN(C(C)C)CC1)c1cccc(C(F)(F)F)c1C. The fraction of sp³-hybridized carbons (Fsp3) is 0.462. The molecule has 0 unspecified atom stereocenters. The zero-order valence-corrected chi connectivity index (χ0v) is 21.2. The van der Waals surface area contributed by atoms with Crippen LogP contribution in [0.15, 0.2) is 41.3 Å². The van der Waals surface area contributed by atoms with E-state index in [1.54, 1.807) is 12.1 Å². The number of likely N-dealkylation sites (tertiary alicyclic amines) is 1. The molecule has 1 fully saturated rings. The largest absolute Gasteiger partial charge is 0.416 e. The number of aryl methyl sites for hydroxylation is 1. The normalized spacial score (nSPS) is 16.8. The maximum absolute atomic E-state index is 13.5. The Kier molecular flexibility index (Phi) is 8.18. The zero-order chi connectivity index (χ0) is 26.8. The first kappa shape index (κ1) is 27.3. The molecule has 196 valence electrons. The highest BCUT2D eigenvalue weighted by Gasteiger charge is 2.33. The number of nitrogens with one attached hydrogen (secondary N) is 1. The van der Waals surface area contributed by atoms with Crippen molar-refractivity contribution in [3.05, 3.63) is 69.2 Å². The quantitative estimate of drug-likeness (QED) is 0.482. The molecule has 0 aliphatic carbocycles. The predicted octanol–water partition coefficient (Wildman–Crippen LogP) is 4.45. The average Bonchev–Trinajstić information content (AvgIpc) is 2.83. The third-order valence-electron chi connectivity index (χ3n) is 6.91. The maximum Gasteiger partial charge on any atom is 0.416 e. The highest BCUT2D eigenvalue weighted by molar-refractivity contribution is 5.75. The smallest absolute Gasteiger partial charge is 0.402 e. The fourth-order valence-corrected chi connectivity index (χ4v) is 4.66. The summed E-state index contributed by atoms with van der Waals surface area (Å²) in [4.78, 5) is 15.0. The third-order valence-corrected chi connectivity index (χ3v) is 6.91. The van der Waals surface area contributed by atoms with Gasteiger partial charge >= 0.3 is 6.18 Å². The first-order valence-corrected chi connectivity index (χ1v) is 12.0. The Morgan fingerprint density at radius 2 is 1.92 bits per heavy atom. The molecular formula is C26H35F3N6O. The van der Waals surface area contributed by atoms with E-state index < -0.39 is 23.3 Å². The Hall–Kier alpha value is -3.27. The number of alkyl halides is 3. The first-order chi connectivity index (χ1) is 16.8. The second-order valence-corrected chi connectivity index (χ2v) is 9.53. The number of halogens is 3. The molecule has 3 rings (SSSR count). The predicted molar refractivity (Wildman–Crippen MR) is 138 cm³/mol. The van der Waals surface area contributed by atoms with Crippen molar-refractivity contribution in [2.75, 3.05) is 24.1 Å². The summed E-state index contributed by atoms with van der Waals surface area (Å²) in [6.07, 6.45) is 0.420. The van der Waals surface area contributed by atoms with E-state index >= 15 is 0 Å². The number of aromatic nitrogens is 2. The van der Waals surface area contributed by atoms with Crippen molar-refractivity contribution >= 4 is 17.6 Å². The Morgan fingerprint density at radius 3 is 2.47 bits per heavy atom. The standard InChI is InChI=1S/C26H35F3N6O/c1-6-22(18-8-7-9-20(16(18)4)26(27,28)29)32-24-19(23(31)25(36)34(5)33-24)14-21(30)17-10-12-35(13-11-17)15(2)3/h6-9,14-15,17,22H,1,10-13,30-31H2,2-5H3,(H,32,33)/b21-14-/t22-/m1/s1. The van der Waals surface area contributed by atoms with Crippen LogP contribution in [0.3, 0.4) is 0 Å². The van der Waals surface area contributed by atoms with Gasteiger partial charge in [0.05, 0.1) is 11.6 Å². The number of anilines is 2. The fourth-order valence-electron chi connectivity index (χ4n) is 4.66. The minimum Gasteiger partial charge on any atom is -0.402 e. The summed E-state index contributed by atoms with van der Waals surface area (Å²) in [6, 6.07) is 3.73. The van der Waals surface area contributed by atoms with Gasteiger partial charge in [0.15, 0.2) is 5.82 Å². The number of nitrogens with zero attached hydrogens (tertiary/aromatic N) is 3. The third kappa shape index (κ3) is 5.75. The summed E-state index contributed by atoms with van der Waals surface area (Å²) in [5.41, 5.74) is 12.8. The monoisotopic (exact) mass is 504 g/mol. The van der Waals surface area contributed by atoms with Crippen LogP contribution in [0.5, 0.6) is 0 Å². The molecule has 0 saturated carbocycles. The molecule has 0 bridgehead atoms. The van der Waals surface area contributed by atoms with E-state index in [9.17, 15) is 18.0 Å². The molecule has 1 aliphatic heterocycles. The summed E-state index contributed by atoms with van der Waals surface area (Å²) in [5.74, 6) is 0.357. The van der Waals surface area contributed by atoms with Crippen molar-refractivity contribution in [2.45, 2.75) is 51.9 Å². The van der Waals surface area contributed by atoms with Crippen LogP contribution in [-0.2, 0) is 13.2 Å². The molecule has 5 N–H and O–H groups in total. The van der Waals surface area contributed by atoms with Gasteiger partial charge in [-0.2, -0.15) is 18.3 Å². The van der Waals surface area contributed by atoms with Crippen molar-refractivity contribution in [2.24, 2.45) is 18.7 Å². The van der Waals surface area contributed by atoms with E-state index in [4.69, 9.17) is 11.5 Å². The van der Waals surface area contributed by atoms with Gasteiger partial charge in [-0.15, -0.1) is 6.58 Å². The Morgan fingerprint density at radius 1 is 1.28 bits per heavy atom. The van der Waals surface area contributed by atoms with Crippen molar-refractivity contribution in [3.63, 3.8) is 0 Å². The molecule has 1 aliphatic rings. The summed E-state index contributed by atoms with van der Waals surface area (Å²) >= 11 is 0. The van der Waals surface area contributed by atoms with Crippen LogP contribution in [0.4, 0.5) is 24.7 Å². The Bertz CT molecular complexity index is 1190. The number of rotatable bonds is 7. The minimum atomic E-state index is -4.49. The number of hydrogen-bond acceptors (Lipinski definition) is 6. The lowest BCUT2D eigenvalue weighted by Gasteiger charge is -2.34. The number of allylic oxidation sites excluding steroid dienone is 1. The van der Waals surface area contributed by atoms with E-state index in [2.05, 4.69) is 35.7 Å². The Balaban J connectivity index is 1.99. The van der Waals surface area contributed by atoms with E-state index in [-0.39, 0.29) is 23.0 Å². The van der Waals surface area contributed by atoms with Crippen molar-refractivity contribution in [1.29, 1.82) is 0 Å². The van der Waals surface area contributed by atoms with Crippen LogP contribution < -0.4 is 22.3 Å². The summed E-state index contributed by atoms with van der Waals surface area (Å²) in [5, 5.41) is 7.44. The lowest BCUT2D eigenvalue weighted by molar-refractivity contribution is -0.138. The summed E-state index contributed by atoms with van der Waals surface area (Å²) < 4.78 is 41.6. The van der Waals surface area contributed by atoms with Gasteiger partial charge in [-0.25, -0.2) is 4.68 Å². The molecular weight excluding hydrogens is 469 g/mol. The van der Waals surface area contributed by atoms with Crippen LogP contribution in [0.1, 0.15) is 55.0 Å². The molecule has 0 amide bonds. The molecule has 1 saturated heterocycles. The van der Waals surface area contributed by atoms with Gasteiger partial charge in [-0.3, -0.25) is 4.79 Å². The van der Waals surface area contributed by atoms with Gasteiger partial charge in [-0.05, 0) is 70.0 Å². The van der Waals surface area contributed by atoms with Crippen LogP contribution in [-0.4, -0.2) is 33.8 Å². The molecule has 2 aromatic rings. The number of nitrogens with two attached hydrogens (primary N) is 2. The summed E-state index contributed by atoms with van der Waals surface area (Å²) in [7, 11) is 1.46. The second-order valence-electron chi connectivity index (χ2n) is 9.53. The highest BCUT2D eigenvalue weighted by Crippen LogP contribution is 2.36. The molecule has 36 heavy (non-hydrogen) atoms. The molecule has 1 atom stereocenters. The topological polar surface area (TPSA) is 102 Å². The van der Waals surface area contributed by atoms with Crippen LogP contribution in [0.2, 0.25) is 0 Å². The molecule has 0 spiro atoms. The molecule has 10 heteroatoms. The molecule has 7 nitrogen and oxygen atoms in total. The van der Waals surface area contributed by atoms with E-state index in [0.717, 1.165) is 36.7 Å². The molecule has 0 radical (unpaired) electrons. The maximum atomic E-state index is 13.5. The van der Waals surface area contributed by atoms with Crippen molar-refractivity contribution in [1.82, 2.24) is 14.7 Å². The minimum absolute atomic E-state index is 0.0406. The van der Waals surface area contributed by atoms with Gasteiger partial charge in [0.1, 0.15) is 5.69 Å². The molecule has 1 aromatic heterocycles. The number of hydrogen-bond donors (Lipinski definition) is 3. The number of piperidine rings is 1. The highest BCUT2D eigenvalue weighted by atomic mass is 19.4. The van der Waals surface area contributed by atoms with Crippen LogP contribution in [0, 0.1) is 12.8 Å². The van der Waals surface area contributed by atoms with E-state index in [0.29, 0.717) is 22.9 Å². The lowest BCUT2D eigenvalue weighted by atomic mass is 9.92. The average molecular weight is 505 g/mol. The lowest BCUT2D eigenvalue weighted by Crippen LogP contribution is -2.39. The molecule has 1 aromatic carbocycles. The van der Waals surface area contributed by atoms with Gasteiger partial charge in [0.2, 0.25) is 0 Å². The van der Waals surface area contributed by atoms with E-state index in [1.165, 1.54) is 26.1 Å². The first-order valence-electron chi connectivity index (χ1n) is 12.0. The van der Waals surface area contributed by atoms with Crippen molar-refractivity contribution < 1.29 is 13.2 Å².